The van der Waals surface area contributed by atoms with Gasteiger partial charge in [-0.05, 0) is 12.1 Å². The molecule has 6 heteroatoms. The number of nitrogens with zero attached hydrogens (tertiary/aromatic N) is 1. The summed E-state index contributed by atoms with van der Waals surface area (Å²) in [5.41, 5.74) is 5.39. The van der Waals surface area contributed by atoms with Crippen LogP contribution in [0.5, 0.6) is 0 Å². The second kappa shape index (κ2) is 4.68. The van der Waals surface area contributed by atoms with Gasteiger partial charge in [0, 0.05) is 0 Å². The Hall–Kier alpha value is -1.72. The van der Waals surface area contributed by atoms with E-state index in [0.717, 1.165) is 6.07 Å². The Morgan fingerprint density at radius 1 is 1.60 bits per heavy atom. The van der Waals surface area contributed by atoms with Crippen LogP contribution in [0.15, 0.2) is 12.1 Å². The number of nitrogen functional groups attached to an aromatic ring is 1. The lowest BCUT2D eigenvalue weighted by Crippen LogP contribution is -2.10. The Morgan fingerprint density at radius 3 is 2.80 bits per heavy atom. The van der Waals surface area contributed by atoms with Crippen LogP contribution in [0.2, 0.25) is 0 Å². The highest BCUT2D eigenvalue weighted by molar-refractivity contribution is 5.73. The van der Waals surface area contributed by atoms with E-state index in [1.807, 2.05) is 0 Å². The van der Waals surface area contributed by atoms with E-state index in [9.17, 15) is 13.6 Å². The topological polar surface area (TPSA) is 65.2 Å². The second-order valence-corrected chi connectivity index (χ2v) is 2.83. The van der Waals surface area contributed by atoms with Gasteiger partial charge in [-0.1, -0.05) is 0 Å². The maximum atomic E-state index is 12.3. The van der Waals surface area contributed by atoms with Crippen molar-refractivity contribution < 1.29 is 18.3 Å². The number of ether oxygens (including phenoxy) is 1. The summed E-state index contributed by atoms with van der Waals surface area (Å²) in [7, 11) is 1.20. The molecule has 0 saturated carbocycles. The Morgan fingerprint density at radius 2 is 2.27 bits per heavy atom. The number of nitrogens with two attached hydrogens (primary N) is 1. The highest BCUT2D eigenvalue weighted by atomic mass is 19.3. The van der Waals surface area contributed by atoms with Gasteiger partial charge in [-0.2, -0.15) is 0 Å². The number of methoxy groups -OCH3 is 1. The average Bonchev–Trinajstić information content (AvgIpc) is 2.20. The smallest absolute Gasteiger partial charge is 0.311 e. The third kappa shape index (κ3) is 2.87. The zero-order chi connectivity index (χ0) is 11.4. The van der Waals surface area contributed by atoms with Crippen LogP contribution in [-0.2, 0) is 16.0 Å². The fraction of sp³-hybridized carbons (Fsp3) is 0.333. The summed E-state index contributed by atoms with van der Waals surface area (Å²) in [5.74, 6) is -0.569. The van der Waals surface area contributed by atoms with Gasteiger partial charge in [0.1, 0.15) is 5.69 Å². The maximum Gasteiger partial charge on any atom is 0.311 e. The number of pyridine rings is 1. The molecule has 82 valence electrons. The molecule has 0 aromatic carbocycles. The predicted octanol–water partition coefficient (Wildman–Crippen LogP) is 1.32. The fourth-order valence-corrected chi connectivity index (χ4v) is 1.00. The summed E-state index contributed by atoms with van der Waals surface area (Å²) in [6.45, 7) is 0. The second-order valence-electron chi connectivity index (χ2n) is 2.83. The number of anilines is 1. The number of rotatable bonds is 3. The van der Waals surface area contributed by atoms with E-state index in [4.69, 9.17) is 5.73 Å². The SMILES string of the molecule is COC(=O)Cc1nc(C(F)F)ccc1N. The summed E-state index contributed by atoms with van der Waals surface area (Å²) in [6, 6.07) is 2.42. The largest absolute Gasteiger partial charge is 0.469 e. The van der Waals surface area contributed by atoms with Gasteiger partial charge in [0.2, 0.25) is 0 Å². The summed E-state index contributed by atoms with van der Waals surface area (Å²) < 4.78 is 28.9. The molecule has 1 heterocycles. The first-order valence-electron chi connectivity index (χ1n) is 4.15. The highest BCUT2D eigenvalue weighted by Crippen LogP contribution is 2.19. The molecule has 0 bridgehead atoms. The van der Waals surface area contributed by atoms with Gasteiger partial charge >= 0.3 is 5.97 Å². The Balaban J connectivity index is 2.95. The van der Waals surface area contributed by atoms with Crippen molar-refractivity contribution in [3.05, 3.63) is 23.5 Å². The van der Waals surface area contributed by atoms with Gasteiger partial charge in [0.25, 0.3) is 6.43 Å². The molecule has 0 aliphatic carbocycles. The van der Waals surface area contributed by atoms with Crippen molar-refractivity contribution in [3.63, 3.8) is 0 Å². The zero-order valence-corrected chi connectivity index (χ0v) is 8.04. The fourth-order valence-electron chi connectivity index (χ4n) is 1.00. The van der Waals surface area contributed by atoms with Crippen LogP contribution in [0.1, 0.15) is 17.8 Å². The lowest BCUT2D eigenvalue weighted by Gasteiger charge is -2.06. The van der Waals surface area contributed by atoms with Crippen LogP contribution in [-0.4, -0.2) is 18.1 Å². The number of hydrogen-bond donors (Lipinski definition) is 1. The van der Waals surface area contributed by atoms with E-state index in [1.165, 1.54) is 13.2 Å². The lowest BCUT2D eigenvalue weighted by atomic mass is 10.2. The summed E-state index contributed by atoms with van der Waals surface area (Å²) >= 11 is 0. The molecule has 0 atom stereocenters. The Labute approximate surface area is 85.1 Å². The van der Waals surface area contributed by atoms with Gasteiger partial charge < -0.3 is 10.5 Å². The molecule has 0 aliphatic rings. The monoisotopic (exact) mass is 216 g/mol. The van der Waals surface area contributed by atoms with E-state index in [0.29, 0.717) is 0 Å². The van der Waals surface area contributed by atoms with E-state index >= 15 is 0 Å². The molecular formula is C9H10F2N2O2. The number of aromatic nitrogens is 1. The molecule has 0 radical (unpaired) electrons. The van der Waals surface area contributed by atoms with Crippen LogP contribution >= 0.6 is 0 Å². The molecule has 0 spiro atoms. The molecule has 4 nitrogen and oxygen atoms in total. The normalized spacial score (nSPS) is 10.4. The molecule has 1 aromatic heterocycles. The van der Waals surface area contributed by atoms with Crippen molar-refractivity contribution in [2.24, 2.45) is 0 Å². The minimum Gasteiger partial charge on any atom is -0.469 e. The number of carbonyl (C=O) groups excluding carboxylic acids is 1. The number of esters is 1. The molecule has 0 saturated heterocycles. The number of alkyl halides is 2. The number of hydrogen-bond acceptors (Lipinski definition) is 4. The third-order valence-electron chi connectivity index (χ3n) is 1.79. The zero-order valence-electron chi connectivity index (χ0n) is 8.04. The van der Waals surface area contributed by atoms with Crippen molar-refractivity contribution in [1.29, 1.82) is 0 Å². The number of carbonyl (C=O) groups is 1. The number of halogens is 2. The Kier molecular flexibility index (Phi) is 3.54. The minimum absolute atomic E-state index is 0.111. The first kappa shape index (κ1) is 11.4. The molecule has 0 fully saturated rings. The first-order chi connectivity index (χ1) is 7.04. The highest BCUT2D eigenvalue weighted by Gasteiger charge is 2.13. The Bertz CT molecular complexity index is 369. The van der Waals surface area contributed by atoms with Crippen molar-refractivity contribution >= 4 is 11.7 Å². The molecule has 0 amide bonds. The maximum absolute atomic E-state index is 12.3. The van der Waals surface area contributed by atoms with Crippen molar-refractivity contribution in [2.75, 3.05) is 12.8 Å². The van der Waals surface area contributed by atoms with Gasteiger partial charge in [-0.25, -0.2) is 13.8 Å². The third-order valence-corrected chi connectivity index (χ3v) is 1.79. The lowest BCUT2D eigenvalue weighted by molar-refractivity contribution is -0.139. The van der Waals surface area contributed by atoms with Crippen LogP contribution in [0.3, 0.4) is 0 Å². The summed E-state index contributed by atoms with van der Waals surface area (Å²) in [4.78, 5) is 14.5. The van der Waals surface area contributed by atoms with E-state index < -0.39 is 18.1 Å². The quantitative estimate of drug-likeness (QED) is 0.774. The standard InChI is InChI=1S/C9H10F2N2O2/c1-15-8(14)4-7-5(12)2-3-6(13-7)9(10)11/h2-3,9H,4,12H2,1H3. The molecule has 0 aliphatic heterocycles. The molecular weight excluding hydrogens is 206 g/mol. The molecule has 15 heavy (non-hydrogen) atoms. The van der Waals surface area contributed by atoms with Crippen LogP contribution in [0.25, 0.3) is 0 Å². The summed E-state index contributed by atoms with van der Waals surface area (Å²) in [6.07, 6.45) is -2.88. The van der Waals surface area contributed by atoms with Crippen LogP contribution in [0, 0.1) is 0 Å². The van der Waals surface area contributed by atoms with Gasteiger partial charge in [0.15, 0.2) is 0 Å². The van der Waals surface area contributed by atoms with Crippen molar-refractivity contribution in [1.82, 2.24) is 4.98 Å². The molecule has 1 aromatic rings. The van der Waals surface area contributed by atoms with Crippen molar-refractivity contribution in [2.45, 2.75) is 12.8 Å². The first-order valence-corrected chi connectivity index (χ1v) is 4.15. The molecule has 0 unspecified atom stereocenters. The average molecular weight is 216 g/mol. The van der Waals surface area contributed by atoms with E-state index in [1.54, 1.807) is 0 Å². The van der Waals surface area contributed by atoms with Crippen LogP contribution in [0.4, 0.5) is 14.5 Å². The van der Waals surface area contributed by atoms with Crippen molar-refractivity contribution in [3.8, 4) is 0 Å². The van der Waals surface area contributed by atoms with Gasteiger partial charge in [-0.15, -0.1) is 0 Å². The van der Waals surface area contributed by atoms with Crippen LogP contribution < -0.4 is 5.73 Å². The summed E-state index contributed by atoms with van der Waals surface area (Å²) in [5, 5.41) is 0. The van der Waals surface area contributed by atoms with E-state index in [-0.39, 0.29) is 17.8 Å². The van der Waals surface area contributed by atoms with E-state index in [2.05, 4.69) is 9.72 Å². The predicted molar refractivity (Wildman–Crippen MR) is 49.3 cm³/mol. The minimum atomic E-state index is -2.68. The van der Waals surface area contributed by atoms with Gasteiger partial charge in [0.05, 0.1) is 24.9 Å². The van der Waals surface area contributed by atoms with Gasteiger partial charge in [-0.3, -0.25) is 4.79 Å². The molecule has 1 rings (SSSR count). The molecule has 2 N–H and O–H groups in total.